The summed E-state index contributed by atoms with van der Waals surface area (Å²) in [6.45, 7) is 11.8. The maximum atomic E-state index is 12.9. The van der Waals surface area contributed by atoms with E-state index in [1.807, 2.05) is 46.9 Å². The average molecular weight is 399 g/mol. The lowest BCUT2D eigenvalue weighted by atomic mass is 9.78. The highest BCUT2D eigenvalue weighted by molar-refractivity contribution is 8.03. The maximum Gasteiger partial charge on any atom is 0.173 e. The van der Waals surface area contributed by atoms with Gasteiger partial charge in [0.05, 0.1) is 16.9 Å². The minimum absolute atomic E-state index is 0.196. The van der Waals surface area contributed by atoms with Crippen molar-refractivity contribution in [3.05, 3.63) is 46.8 Å². The lowest BCUT2D eigenvalue weighted by Crippen LogP contribution is -2.19. The summed E-state index contributed by atoms with van der Waals surface area (Å²) in [4.78, 5) is 28.8. The Morgan fingerprint density at radius 1 is 1.04 bits per heavy atom. The second kappa shape index (κ2) is 7.84. The number of aromatic hydroxyl groups is 1. The number of rotatable bonds is 5. The number of phenols is 1. The SMILES string of the molecule is CC(C)(C)c1cc(C(=O)CC(=O)c2c[nH]cc2SC#N)cc(C(C)(C)C)c1O. The van der Waals surface area contributed by atoms with Crippen LogP contribution in [0.4, 0.5) is 0 Å². The molecule has 2 aromatic rings. The number of hydrogen-bond acceptors (Lipinski definition) is 5. The van der Waals surface area contributed by atoms with Crippen molar-refractivity contribution in [2.75, 3.05) is 0 Å². The Labute approximate surface area is 170 Å². The number of carbonyl (C=O) groups is 2. The number of benzene rings is 1. The molecule has 28 heavy (non-hydrogen) atoms. The third kappa shape index (κ3) is 4.66. The summed E-state index contributed by atoms with van der Waals surface area (Å²) in [6.07, 6.45) is 2.78. The number of ketones is 2. The van der Waals surface area contributed by atoms with Crippen LogP contribution in [0.5, 0.6) is 5.75 Å². The molecule has 0 saturated carbocycles. The quantitative estimate of drug-likeness (QED) is 0.307. The molecule has 0 amide bonds. The molecule has 0 unspecified atom stereocenters. The number of aromatic nitrogens is 1. The van der Waals surface area contributed by atoms with Crippen molar-refractivity contribution in [1.29, 1.82) is 5.26 Å². The Kier molecular flexibility index (Phi) is 6.10. The average Bonchev–Trinajstić information content (AvgIpc) is 3.01. The van der Waals surface area contributed by atoms with Crippen LogP contribution in [0.3, 0.4) is 0 Å². The predicted octanol–water partition coefficient (Wildman–Crippen LogP) is 5.34. The first kappa shape index (κ1) is 21.8. The summed E-state index contributed by atoms with van der Waals surface area (Å²) in [6, 6.07) is 3.37. The number of nitriles is 1. The van der Waals surface area contributed by atoms with Gasteiger partial charge in [0.25, 0.3) is 0 Å². The van der Waals surface area contributed by atoms with Gasteiger partial charge in [-0.3, -0.25) is 9.59 Å². The molecular formula is C22H26N2O3S. The number of thioether (sulfide) groups is 1. The summed E-state index contributed by atoms with van der Waals surface area (Å²) in [5.74, 6) is -0.456. The number of phenolic OH excluding ortho intramolecular Hbond substituents is 1. The molecule has 2 rings (SSSR count). The van der Waals surface area contributed by atoms with Crippen LogP contribution in [-0.2, 0) is 10.8 Å². The summed E-state index contributed by atoms with van der Waals surface area (Å²) < 4.78 is 0. The van der Waals surface area contributed by atoms with E-state index in [0.29, 0.717) is 27.1 Å². The van der Waals surface area contributed by atoms with E-state index in [1.54, 1.807) is 18.3 Å². The van der Waals surface area contributed by atoms with Crippen LogP contribution in [-0.4, -0.2) is 21.7 Å². The summed E-state index contributed by atoms with van der Waals surface area (Å²) >= 11 is 0.882. The van der Waals surface area contributed by atoms with Crippen LogP contribution in [0.2, 0.25) is 0 Å². The number of nitrogens with one attached hydrogen (secondary N) is 1. The van der Waals surface area contributed by atoms with E-state index < -0.39 is 0 Å². The molecule has 1 aromatic carbocycles. The zero-order chi connectivity index (χ0) is 21.3. The molecule has 2 N–H and O–H groups in total. The minimum atomic E-state index is -0.359. The van der Waals surface area contributed by atoms with Crippen LogP contribution >= 0.6 is 11.8 Å². The third-order valence-electron chi connectivity index (χ3n) is 4.53. The van der Waals surface area contributed by atoms with Crippen LogP contribution in [0.1, 0.15) is 79.8 Å². The Hall–Kier alpha value is -2.52. The largest absolute Gasteiger partial charge is 0.507 e. The van der Waals surface area contributed by atoms with Crippen LogP contribution < -0.4 is 0 Å². The highest BCUT2D eigenvalue weighted by atomic mass is 32.2. The fourth-order valence-electron chi connectivity index (χ4n) is 2.98. The van der Waals surface area contributed by atoms with Gasteiger partial charge in [-0.2, -0.15) is 5.26 Å². The minimum Gasteiger partial charge on any atom is -0.507 e. The predicted molar refractivity (Wildman–Crippen MR) is 111 cm³/mol. The number of nitrogens with zero attached hydrogens (tertiary/aromatic N) is 1. The topological polar surface area (TPSA) is 94.0 Å². The molecule has 0 radical (unpaired) electrons. The van der Waals surface area contributed by atoms with Crippen LogP contribution in [0.15, 0.2) is 29.4 Å². The molecule has 1 aromatic heterocycles. The fourth-order valence-corrected chi connectivity index (χ4v) is 3.49. The van der Waals surface area contributed by atoms with Crippen molar-refractivity contribution in [3.8, 4) is 11.2 Å². The number of aromatic amines is 1. The fraction of sp³-hybridized carbons (Fsp3) is 0.409. The maximum absolute atomic E-state index is 12.9. The monoisotopic (exact) mass is 398 g/mol. The normalized spacial score (nSPS) is 11.9. The second-order valence-electron chi connectivity index (χ2n) is 8.87. The third-order valence-corrected chi connectivity index (χ3v) is 5.18. The highest BCUT2D eigenvalue weighted by Gasteiger charge is 2.28. The lowest BCUT2D eigenvalue weighted by molar-refractivity contribution is 0.0892. The molecule has 5 nitrogen and oxygen atoms in total. The Morgan fingerprint density at radius 3 is 2.04 bits per heavy atom. The highest BCUT2D eigenvalue weighted by Crippen LogP contribution is 2.40. The Balaban J connectivity index is 2.44. The number of carbonyl (C=O) groups excluding carboxylic acids is 2. The van der Waals surface area contributed by atoms with E-state index in [9.17, 15) is 14.7 Å². The van der Waals surface area contributed by atoms with Crippen molar-refractivity contribution < 1.29 is 14.7 Å². The Morgan fingerprint density at radius 2 is 1.57 bits per heavy atom. The number of hydrogen-bond donors (Lipinski definition) is 2. The van der Waals surface area contributed by atoms with E-state index >= 15 is 0 Å². The molecule has 0 bridgehead atoms. The lowest BCUT2D eigenvalue weighted by Gasteiger charge is -2.28. The summed E-state index contributed by atoms with van der Waals surface area (Å²) in [7, 11) is 0. The van der Waals surface area contributed by atoms with Gasteiger partial charge in [0.15, 0.2) is 11.6 Å². The van der Waals surface area contributed by atoms with Gasteiger partial charge in [-0.15, -0.1) is 0 Å². The first-order valence-electron chi connectivity index (χ1n) is 9.03. The van der Waals surface area contributed by atoms with Crippen molar-refractivity contribution >= 4 is 23.3 Å². The molecule has 0 aliphatic carbocycles. The zero-order valence-corrected chi connectivity index (χ0v) is 18.0. The van der Waals surface area contributed by atoms with Gasteiger partial charge in [-0.25, -0.2) is 0 Å². The molecule has 1 heterocycles. The van der Waals surface area contributed by atoms with E-state index in [2.05, 4.69) is 4.98 Å². The van der Waals surface area contributed by atoms with E-state index in [-0.39, 0.29) is 34.6 Å². The molecule has 6 heteroatoms. The standard InChI is InChI=1S/C22H26N2O3S/c1-21(2,3)15-7-13(8-16(20(15)27)22(4,5)6)17(25)9-18(26)14-10-24-11-19(14)28-12-23/h7-8,10-11,24,27H,9H2,1-6H3. The van der Waals surface area contributed by atoms with E-state index in [4.69, 9.17) is 5.26 Å². The summed E-state index contributed by atoms with van der Waals surface area (Å²) in [5, 5.41) is 21.6. The van der Waals surface area contributed by atoms with Crippen molar-refractivity contribution in [2.45, 2.75) is 63.7 Å². The van der Waals surface area contributed by atoms with Gasteiger partial charge in [0.1, 0.15) is 11.2 Å². The molecule has 0 aliphatic heterocycles. The van der Waals surface area contributed by atoms with Gasteiger partial charge in [0.2, 0.25) is 0 Å². The first-order valence-corrected chi connectivity index (χ1v) is 9.85. The van der Waals surface area contributed by atoms with Crippen LogP contribution in [0.25, 0.3) is 0 Å². The summed E-state index contributed by atoms with van der Waals surface area (Å²) in [5.41, 5.74) is 1.39. The molecule has 0 fully saturated rings. The molecule has 0 atom stereocenters. The van der Waals surface area contributed by atoms with Gasteiger partial charge in [-0.1, -0.05) is 41.5 Å². The number of thiocyanates is 1. The smallest absolute Gasteiger partial charge is 0.173 e. The zero-order valence-electron chi connectivity index (χ0n) is 17.1. The second-order valence-corrected chi connectivity index (χ2v) is 9.70. The molecular weight excluding hydrogens is 372 g/mol. The van der Waals surface area contributed by atoms with E-state index in [1.165, 1.54) is 6.20 Å². The van der Waals surface area contributed by atoms with Crippen molar-refractivity contribution in [2.24, 2.45) is 0 Å². The molecule has 0 spiro atoms. The first-order chi connectivity index (χ1) is 12.9. The van der Waals surface area contributed by atoms with Crippen molar-refractivity contribution in [1.82, 2.24) is 4.98 Å². The Bertz CT molecular complexity index is 918. The van der Waals surface area contributed by atoms with Gasteiger partial charge >= 0.3 is 0 Å². The van der Waals surface area contributed by atoms with Gasteiger partial charge < -0.3 is 10.1 Å². The molecule has 148 valence electrons. The van der Waals surface area contributed by atoms with E-state index in [0.717, 1.165) is 11.8 Å². The number of Topliss-reactive ketones (excluding diaryl/α,β-unsaturated/α-hetero) is 2. The van der Waals surface area contributed by atoms with Crippen molar-refractivity contribution in [3.63, 3.8) is 0 Å². The molecule has 0 aliphatic rings. The van der Waals surface area contributed by atoms with Gasteiger partial charge in [0, 0.05) is 29.1 Å². The van der Waals surface area contributed by atoms with Gasteiger partial charge in [-0.05, 0) is 34.7 Å². The molecule has 0 saturated heterocycles. The van der Waals surface area contributed by atoms with Crippen LogP contribution in [0, 0.1) is 10.7 Å². The number of H-pyrrole nitrogens is 1.